The summed E-state index contributed by atoms with van der Waals surface area (Å²) in [6.45, 7) is 7.44. The van der Waals surface area contributed by atoms with Crippen molar-refractivity contribution in [3.63, 3.8) is 0 Å². The van der Waals surface area contributed by atoms with Gasteiger partial charge in [0.25, 0.3) is 5.91 Å². The molecule has 2 rings (SSSR count). The van der Waals surface area contributed by atoms with Gasteiger partial charge in [-0.15, -0.1) is 5.10 Å². The molecule has 0 fully saturated rings. The number of rotatable bonds is 6. The van der Waals surface area contributed by atoms with Gasteiger partial charge in [-0.1, -0.05) is 31.5 Å². The first-order valence-electron chi connectivity index (χ1n) is 7.81. The van der Waals surface area contributed by atoms with E-state index in [-0.39, 0.29) is 11.3 Å². The van der Waals surface area contributed by atoms with Crippen LogP contribution >= 0.6 is 11.6 Å². The van der Waals surface area contributed by atoms with Gasteiger partial charge in [0, 0.05) is 18.1 Å². The van der Waals surface area contributed by atoms with Crippen LogP contribution in [-0.4, -0.2) is 53.0 Å². The molecule has 24 heavy (non-hydrogen) atoms. The van der Waals surface area contributed by atoms with Gasteiger partial charge >= 0.3 is 0 Å². The number of hydrogen-bond donors (Lipinski definition) is 1. The van der Waals surface area contributed by atoms with Crippen molar-refractivity contribution in [1.82, 2.24) is 25.2 Å². The highest BCUT2D eigenvalue weighted by Crippen LogP contribution is 2.16. The van der Waals surface area contributed by atoms with Gasteiger partial charge in [0.15, 0.2) is 5.69 Å². The zero-order valence-electron chi connectivity index (χ0n) is 14.8. The van der Waals surface area contributed by atoms with Gasteiger partial charge < -0.3 is 10.2 Å². The monoisotopic (exact) mass is 349 g/mol. The van der Waals surface area contributed by atoms with E-state index in [0.29, 0.717) is 23.0 Å². The van der Waals surface area contributed by atoms with E-state index in [1.54, 1.807) is 19.1 Å². The third-order valence-corrected chi connectivity index (χ3v) is 3.74. The van der Waals surface area contributed by atoms with Crippen molar-refractivity contribution in [3.8, 4) is 5.69 Å². The van der Waals surface area contributed by atoms with Gasteiger partial charge in [-0.2, -0.15) is 9.90 Å². The van der Waals surface area contributed by atoms with Crippen LogP contribution < -0.4 is 5.32 Å². The van der Waals surface area contributed by atoms with E-state index in [9.17, 15) is 4.79 Å². The molecule has 0 aliphatic carbocycles. The minimum atomic E-state index is -0.215. The lowest BCUT2D eigenvalue weighted by atomic mass is 9.93. The molecule has 0 aliphatic rings. The molecule has 130 valence electrons. The summed E-state index contributed by atoms with van der Waals surface area (Å²) in [6.07, 6.45) is 0. The summed E-state index contributed by atoms with van der Waals surface area (Å²) in [5, 5.41) is 12.2. The molecule has 1 N–H and O–H groups in total. The summed E-state index contributed by atoms with van der Waals surface area (Å²) >= 11 is 5.99. The van der Waals surface area contributed by atoms with E-state index in [4.69, 9.17) is 11.6 Å². The third kappa shape index (κ3) is 4.79. The molecule has 0 unspecified atom stereocenters. The van der Waals surface area contributed by atoms with Crippen molar-refractivity contribution in [2.75, 3.05) is 27.2 Å². The Kier molecular flexibility index (Phi) is 5.62. The van der Waals surface area contributed by atoms with Gasteiger partial charge in [-0.05, 0) is 44.6 Å². The van der Waals surface area contributed by atoms with Crippen LogP contribution in [0.25, 0.3) is 5.69 Å². The van der Waals surface area contributed by atoms with Crippen LogP contribution in [0.15, 0.2) is 24.3 Å². The molecule has 6 nitrogen and oxygen atoms in total. The highest BCUT2D eigenvalue weighted by molar-refractivity contribution is 6.30. The Morgan fingerprint density at radius 1 is 1.33 bits per heavy atom. The SMILES string of the molecule is Cc1nn(-c2cccc(Cl)c2)nc1C(=O)NCC(C)(C)CN(C)C. The Morgan fingerprint density at radius 2 is 2.04 bits per heavy atom. The Balaban J connectivity index is 2.11. The summed E-state index contributed by atoms with van der Waals surface area (Å²) in [5.41, 5.74) is 1.60. The van der Waals surface area contributed by atoms with Crippen molar-refractivity contribution in [1.29, 1.82) is 0 Å². The molecule has 0 spiro atoms. The van der Waals surface area contributed by atoms with Crippen LogP contribution in [0.2, 0.25) is 5.02 Å². The average molecular weight is 350 g/mol. The molecule has 7 heteroatoms. The van der Waals surface area contributed by atoms with E-state index in [1.807, 2.05) is 26.2 Å². The number of aromatic nitrogens is 3. The van der Waals surface area contributed by atoms with Gasteiger partial charge in [-0.3, -0.25) is 4.79 Å². The minimum Gasteiger partial charge on any atom is -0.350 e. The van der Waals surface area contributed by atoms with Crippen LogP contribution in [0, 0.1) is 12.3 Å². The van der Waals surface area contributed by atoms with Crippen LogP contribution in [-0.2, 0) is 0 Å². The number of nitrogens with zero attached hydrogens (tertiary/aromatic N) is 4. The Hall–Kier alpha value is -1.92. The first-order valence-corrected chi connectivity index (χ1v) is 8.18. The number of carbonyl (C=O) groups excluding carboxylic acids is 1. The van der Waals surface area contributed by atoms with Gasteiger partial charge in [-0.25, -0.2) is 0 Å². The molecule has 1 aromatic heterocycles. The molecule has 0 saturated heterocycles. The van der Waals surface area contributed by atoms with Crippen LogP contribution in [0.5, 0.6) is 0 Å². The molecular formula is C17H24ClN5O. The number of halogens is 1. The maximum Gasteiger partial charge on any atom is 0.273 e. The number of amides is 1. The fourth-order valence-corrected chi connectivity index (χ4v) is 2.80. The fourth-order valence-electron chi connectivity index (χ4n) is 2.62. The van der Waals surface area contributed by atoms with E-state index in [0.717, 1.165) is 12.2 Å². The number of aryl methyl sites for hydroxylation is 1. The Morgan fingerprint density at radius 3 is 2.67 bits per heavy atom. The summed E-state index contributed by atoms with van der Waals surface area (Å²) in [6, 6.07) is 7.19. The first kappa shape index (κ1) is 18.4. The van der Waals surface area contributed by atoms with Crippen molar-refractivity contribution in [3.05, 3.63) is 40.7 Å². The first-order chi connectivity index (χ1) is 11.2. The van der Waals surface area contributed by atoms with E-state index in [1.165, 1.54) is 4.80 Å². The van der Waals surface area contributed by atoms with Gasteiger partial charge in [0.05, 0.1) is 11.4 Å². The second kappa shape index (κ2) is 7.32. The molecule has 1 aromatic carbocycles. The second-order valence-corrected chi connectivity index (χ2v) is 7.42. The summed E-state index contributed by atoms with van der Waals surface area (Å²) in [5.74, 6) is -0.215. The quantitative estimate of drug-likeness (QED) is 0.870. The number of nitrogens with one attached hydrogen (secondary N) is 1. The third-order valence-electron chi connectivity index (χ3n) is 3.51. The Labute approximate surface area is 147 Å². The normalized spacial score (nSPS) is 11.8. The van der Waals surface area contributed by atoms with Crippen LogP contribution in [0.3, 0.4) is 0 Å². The molecule has 0 aliphatic heterocycles. The van der Waals surface area contributed by atoms with Crippen LogP contribution in [0.1, 0.15) is 30.0 Å². The van der Waals surface area contributed by atoms with E-state index < -0.39 is 0 Å². The molecule has 0 radical (unpaired) electrons. The van der Waals surface area contributed by atoms with Crippen molar-refractivity contribution >= 4 is 17.5 Å². The zero-order chi connectivity index (χ0) is 17.9. The highest BCUT2D eigenvalue weighted by Gasteiger charge is 2.22. The second-order valence-electron chi connectivity index (χ2n) is 6.99. The summed E-state index contributed by atoms with van der Waals surface area (Å²) in [4.78, 5) is 16.0. The number of benzene rings is 1. The molecule has 2 aromatic rings. The van der Waals surface area contributed by atoms with E-state index >= 15 is 0 Å². The number of carbonyl (C=O) groups is 1. The van der Waals surface area contributed by atoms with E-state index in [2.05, 4.69) is 34.3 Å². The van der Waals surface area contributed by atoms with Crippen molar-refractivity contribution < 1.29 is 4.79 Å². The maximum absolute atomic E-state index is 12.4. The van der Waals surface area contributed by atoms with Gasteiger partial charge in [0.2, 0.25) is 0 Å². The summed E-state index contributed by atoms with van der Waals surface area (Å²) < 4.78 is 0. The lowest BCUT2D eigenvalue weighted by Gasteiger charge is -2.28. The molecule has 1 heterocycles. The smallest absolute Gasteiger partial charge is 0.273 e. The van der Waals surface area contributed by atoms with Crippen molar-refractivity contribution in [2.45, 2.75) is 20.8 Å². The average Bonchev–Trinajstić information content (AvgIpc) is 2.86. The zero-order valence-corrected chi connectivity index (χ0v) is 15.6. The molecule has 0 bridgehead atoms. The fraction of sp³-hybridized carbons (Fsp3) is 0.471. The lowest BCUT2D eigenvalue weighted by molar-refractivity contribution is 0.0923. The largest absolute Gasteiger partial charge is 0.350 e. The Bertz CT molecular complexity index is 724. The number of hydrogen-bond acceptors (Lipinski definition) is 4. The minimum absolute atomic E-state index is 0.0317. The van der Waals surface area contributed by atoms with Crippen LogP contribution in [0.4, 0.5) is 0 Å². The highest BCUT2D eigenvalue weighted by atomic mass is 35.5. The van der Waals surface area contributed by atoms with Gasteiger partial charge in [0.1, 0.15) is 0 Å². The maximum atomic E-state index is 12.4. The topological polar surface area (TPSA) is 63.1 Å². The molecule has 0 saturated carbocycles. The standard InChI is InChI=1S/C17H24ClN5O/c1-12-15(16(24)19-10-17(2,3)11-22(4)5)21-23(20-12)14-8-6-7-13(18)9-14/h6-9H,10-11H2,1-5H3,(H,19,24). The lowest BCUT2D eigenvalue weighted by Crippen LogP contribution is -2.40. The predicted molar refractivity (Wildman–Crippen MR) is 95.8 cm³/mol. The summed E-state index contributed by atoms with van der Waals surface area (Å²) in [7, 11) is 4.04. The molecular weight excluding hydrogens is 326 g/mol. The molecule has 1 amide bonds. The molecule has 0 atom stereocenters. The van der Waals surface area contributed by atoms with Crippen molar-refractivity contribution in [2.24, 2.45) is 5.41 Å². The predicted octanol–water partition coefficient (Wildman–Crippen LogP) is 2.55.